The summed E-state index contributed by atoms with van der Waals surface area (Å²) in [5.74, 6) is 0. The Bertz CT molecular complexity index is 390. The molecule has 1 aromatic heterocycles. The smallest absolute Gasteiger partial charge is 0.166 e. The molecule has 1 atom stereocenters. The Labute approximate surface area is 114 Å². The minimum Gasteiger partial charge on any atom is -0.360 e. The molecule has 0 spiro atoms. The van der Waals surface area contributed by atoms with Crippen molar-refractivity contribution >= 4 is 17.3 Å². The molecular weight excluding hydrogens is 244 g/mol. The van der Waals surface area contributed by atoms with E-state index in [9.17, 15) is 0 Å². The lowest BCUT2D eigenvalue weighted by atomic mass is 9.87. The molecule has 1 aliphatic rings. The number of nitrogens with one attached hydrogen (secondary N) is 2. The fraction of sp³-hybridized carbons (Fsp3) is 0.692. The molecule has 1 unspecified atom stereocenters. The van der Waals surface area contributed by atoms with Crippen LogP contribution in [0.4, 0.5) is 0 Å². The normalized spacial score (nSPS) is 17.3. The van der Waals surface area contributed by atoms with Gasteiger partial charge in [0.25, 0.3) is 0 Å². The van der Waals surface area contributed by atoms with Crippen LogP contribution in [0.15, 0.2) is 18.5 Å². The van der Waals surface area contributed by atoms with Crippen LogP contribution in [-0.4, -0.2) is 27.0 Å². The third kappa shape index (κ3) is 3.98. The summed E-state index contributed by atoms with van der Waals surface area (Å²) >= 11 is 5.36. The quantitative estimate of drug-likeness (QED) is 0.817. The molecule has 1 heterocycles. The summed E-state index contributed by atoms with van der Waals surface area (Å²) in [5, 5.41) is 11.8. The summed E-state index contributed by atoms with van der Waals surface area (Å²) < 4.78 is 1.95. The first-order chi connectivity index (χ1) is 8.45. The molecule has 5 heteroatoms. The highest BCUT2D eigenvalue weighted by molar-refractivity contribution is 7.80. The molecule has 0 aromatic carbocycles. The third-order valence-corrected chi connectivity index (χ3v) is 3.43. The molecule has 0 aliphatic heterocycles. The van der Waals surface area contributed by atoms with E-state index in [2.05, 4.69) is 36.5 Å². The van der Waals surface area contributed by atoms with E-state index in [1.54, 1.807) is 6.20 Å². The molecule has 18 heavy (non-hydrogen) atoms. The molecule has 1 fully saturated rings. The summed E-state index contributed by atoms with van der Waals surface area (Å²) in [6.07, 6.45) is 6.26. The van der Waals surface area contributed by atoms with E-state index in [0.717, 1.165) is 11.7 Å². The highest BCUT2D eigenvalue weighted by Gasteiger charge is 2.28. The Morgan fingerprint density at radius 2 is 2.22 bits per heavy atom. The number of thiocarbonyl (C=S) groups is 1. The lowest BCUT2D eigenvalue weighted by Gasteiger charge is -2.32. The van der Waals surface area contributed by atoms with Gasteiger partial charge in [0.2, 0.25) is 0 Å². The number of hydrogen-bond acceptors (Lipinski definition) is 2. The minimum absolute atomic E-state index is 0.126. The number of nitrogens with zero attached hydrogens (tertiary/aromatic N) is 2. The van der Waals surface area contributed by atoms with Crippen molar-refractivity contribution in [2.45, 2.75) is 52.2 Å². The van der Waals surface area contributed by atoms with Crippen molar-refractivity contribution in [3.05, 3.63) is 18.5 Å². The van der Waals surface area contributed by atoms with Gasteiger partial charge in [-0.05, 0) is 36.5 Å². The summed E-state index contributed by atoms with van der Waals surface area (Å²) in [6, 6.07) is 2.80. The first kappa shape index (κ1) is 13.3. The van der Waals surface area contributed by atoms with Crippen molar-refractivity contribution in [1.29, 1.82) is 0 Å². The molecule has 0 saturated heterocycles. The second-order valence-corrected chi connectivity index (χ2v) is 6.45. The fourth-order valence-electron chi connectivity index (χ4n) is 1.74. The summed E-state index contributed by atoms with van der Waals surface area (Å²) in [4.78, 5) is 0. The number of rotatable bonds is 4. The van der Waals surface area contributed by atoms with Crippen LogP contribution in [0.1, 0.15) is 33.6 Å². The van der Waals surface area contributed by atoms with Crippen molar-refractivity contribution in [2.24, 2.45) is 5.41 Å². The van der Waals surface area contributed by atoms with Gasteiger partial charge in [-0.2, -0.15) is 5.10 Å². The zero-order valence-corrected chi connectivity index (χ0v) is 12.1. The summed E-state index contributed by atoms with van der Waals surface area (Å²) in [7, 11) is 0. The molecule has 0 bridgehead atoms. The van der Waals surface area contributed by atoms with Crippen molar-refractivity contribution in [1.82, 2.24) is 20.4 Å². The summed E-state index contributed by atoms with van der Waals surface area (Å²) in [5.41, 5.74) is 0.126. The largest absolute Gasteiger partial charge is 0.360 e. The van der Waals surface area contributed by atoms with Gasteiger partial charge >= 0.3 is 0 Å². The van der Waals surface area contributed by atoms with E-state index >= 15 is 0 Å². The SMILES string of the molecule is CC(C)(C)C(Cn1cccn1)NC(=S)NC1CC1. The second-order valence-electron chi connectivity index (χ2n) is 6.04. The standard InChI is InChI=1S/C13H22N4S/c1-13(2,3)11(9-17-8-4-7-14-17)16-12(18)15-10-5-6-10/h4,7-8,10-11H,5-6,9H2,1-3H3,(H2,15,16,18). The van der Waals surface area contributed by atoms with Gasteiger partial charge in [-0.25, -0.2) is 0 Å². The van der Waals surface area contributed by atoms with E-state index in [0.29, 0.717) is 6.04 Å². The average Bonchev–Trinajstić information content (AvgIpc) is 2.91. The van der Waals surface area contributed by atoms with Crippen molar-refractivity contribution in [3.63, 3.8) is 0 Å². The van der Waals surface area contributed by atoms with Crippen LogP contribution in [0.25, 0.3) is 0 Å². The van der Waals surface area contributed by atoms with E-state index < -0.39 is 0 Å². The first-order valence-corrected chi connectivity index (χ1v) is 6.90. The third-order valence-electron chi connectivity index (χ3n) is 3.19. The number of aromatic nitrogens is 2. The lowest BCUT2D eigenvalue weighted by molar-refractivity contribution is 0.260. The monoisotopic (exact) mass is 266 g/mol. The van der Waals surface area contributed by atoms with Crippen LogP contribution >= 0.6 is 12.2 Å². The van der Waals surface area contributed by atoms with E-state index in [-0.39, 0.29) is 11.5 Å². The maximum absolute atomic E-state index is 5.36. The fourth-order valence-corrected chi connectivity index (χ4v) is 2.05. The Morgan fingerprint density at radius 1 is 1.50 bits per heavy atom. The van der Waals surface area contributed by atoms with Gasteiger partial charge in [0.1, 0.15) is 0 Å². The van der Waals surface area contributed by atoms with Gasteiger partial charge in [0, 0.05) is 18.4 Å². The minimum atomic E-state index is 0.126. The average molecular weight is 266 g/mol. The molecular formula is C13H22N4S. The highest BCUT2D eigenvalue weighted by Crippen LogP contribution is 2.22. The van der Waals surface area contributed by atoms with Crippen molar-refractivity contribution in [3.8, 4) is 0 Å². The van der Waals surface area contributed by atoms with Crippen LogP contribution in [0.5, 0.6) is 0 Å². The zero-order valence-electron chi connectivity index (χ0n) is 11.3. The Morgan fingerprint density at radius 3 is 2.72 bits per heavy atom. The number of hydrogen-bond donors (Lipinski definition) is 2. The predicted octanol–water partition coefficient (Wildman–Crippen LogP) is 1.92. The molecule has 2 N–H and O–H groups in total. The van der Waals surface area contributed by atoms with Crippen LogP contribution in [0.3, 0.4) is 0 Å². The van der Waals surface area contributed by atoms with Crippen molar-refractivity contribution in [2.75, 3.05) is 0 Å². The maximum atomic E-state index is 5.36. The second kappa shape index (κ2) is 5.26. The Balaban J connectivity index is 1.93. The van der Waals surface area contributed by atoms with E-state index in [1.165, 1.54) is 12.8 Å². The molecule has 1 saturated carbocycles. The Kier molecular flexibility index (Phi) is 3.90. The van der Waals surface area contributed by atoms with E-state index in [1.807, 2.05) is 16.9 Å². The van der Waals surface area contributed by atoms with E-state index in [4.69, 9.17) is 12.2 Å². The topological polar surface area (TPSA) is 41.9 Å². The highest BCUT2D eigenvalue weighted by atomic mass is 32.1. The predicted molar refractivity (Wildman–Crippen MR) is 77.4 cm³/mol. The van der Waals surface area contributed by atoms with Gasteiger partial charge < -0.3 is 10.6 Å². The van der Waals surface area contributed by atoms with Crippen LogP contribution in [0.2, 0.25) is 0 Å². The molecule has 0 radical (unpaired) electrons. The molecule has 0 amide bonds. The molecule has 4 nitrogen and oxygen atoms in total. The molecule has 2 rings (SSSR count). The van der Waals surface area contributed by atoms with Gasteiger partial charge in [0.15, 0.2) is 5.11 Å². The van der Waals surface area contributed by atoms with Crippen LogP contribution in [-0.2, 0) is 6.54 Å². The van der Waals surface area contributed by atoms with Gasteiger partial charge in [0.05, 0.1) is 12.6 Å². The molecule has 100 valence electrons. The van der Waals surface area contributed by atoms with Gasteiger partial charge in [-0.3, -0.25) is 4.68 Å². The zero-order chi connectivity index (χ0) is 13.2. The lowest BCUT2D eigenvalue weighted by Crippen LogP contribution is -2.50. The van der Waals surface area contributed by atoms with Crippen molar-refractivity contribution < 1.29 is 0 Å². The van der Waals surface area contributed by atoms with Gasteiger partial charge in [-0.1, -0.05) is 20.8 Å². The Hall–Kier alpha value is -1.10. The molecule has 1 aromatic rings. The van der Waals surface area contributed by atoms with Gasteiger partial charge in [-0.15, -0.1) is 0 Å². The van der Waals surface area contributed by atoms with Crippen LogP contribution < -0.4 is 10.6 Å². The maximum Gasteiger partial charge on any atom is 0.166 e. The molecule has 1 aliphatic carbocycles. The summed E-state index contributed by atoms with van der Waals surface area (Å²) in [6.45, 7) is 7.47. The van der Waals surface area contributed by atoms with Crippen LogP contribution in [0, 0.1) is 5.41 Å². The first-order valence-electron chi connectivity index (χ1n) is 6.49.